The van der Waals surface area contributed by atoms with Crippen LogP contribution in [0.2, 0.25) is 0 Å². The van der Waals surface area contributed by atoms with E-state index in [2.05, 4.69) is 17.5 Å². The van der Waals surface area contributed by atoms with Crippen LogP contribution >= 0.6 is 0 Å². The van der Waals surface area contributed by atoms with E-state index in [1.54, 1.807) is 48.5 Å². The van der Waals surface area contributed by atoms with Crippen LogP contribution in [-0.4, -0.2) is 23.5 Å². The Hall–Kier alpha value is -3.54. The largest absolute Gasteiger partial charge is 0.322 e. The molecule has 0 unspecified atom stereocenters. The summed E-state index contributed by atoms with van der Waals surface area (Å²) in [7, 11) is 0. The maximum atomic E-state index is 13.3. The van der Waals surface area contributed by atoms with Gasteiger partial charge in [-0.25, -0.2) is 4.90 Å². The molecule has 6 heteroatoms. The van der Waals surface area contributed by atoms with Gasteiger partial charge in [-0.05, 0) is 67.3 Å². The number of nitrogens with one attached hydrogen (secondary N) is 1. The van der Waals surface area contributed by atoms with Crippen molar-refractivity contribution in [3.05, 3.63) is 71.8 Å². The maximum Gasteiger partial charge on any atom is 0.255 e. The number of hydrogen-bond acceptors (Lipinski definition) is 4. The van der Waals surface area contributed by atoms with Gasteiger partial charge in [0.05, 0.1) is 17.5 Å². The number of benzene rings is 2. The number of rotatable bonds is 4. The van der Waals surface area contributed by atoms with Crippen LogP contribution in [0.25, 0.3) is 0 Å². The first-order valence-corrected chi connectivity index (χ1v) is 11.0. The first-order valence-electron chi connectivity index (χ1n) is 11.0. The van der Waals surface area contributed by atoms with E-state index in [9.17, 15) is 19.2 Å². The molecule has 2 saturated carbocycles. The topological polar surface area (TPSA) is 83.6 Å². The predicted molar refractivity (Wildman–Crippen MR) is 118 cm³/mol. The van der Waals surface area contributed by atoms with E-state index < -0.39 is 0 Å². The molecule has 0 spiro atoms. The third-order valence-corrected chi connectivity index (χ3v) is 7.56. The number of Topliss-reactive ketones (excluding diaryl/α,β-unsaturated/α-hetero) is 1. The molecule has 7 rings (SSSR count). The van der Waals surface area contributed by atoms with Crippen LogP contribution in [0, 0.1) is 35.5 Å². The number of nitrogens with zero attached hydrogens (tertiary/aromatic N) is 1. The van der Waals surface area contributed by atoms with Crippen molar-refractivity contribution < 1.29 is 19.2 Å². The summed E-state index contributed by atoms with van der Waals surface area (Å²) >= 11 is 0. The SMILES string of the molecule is CC(=O)c1cccc(NC(=O)c2cccc(N3C(=O)[C@@H]4[C@H]5C=C[C@H]([C@H]6C[C@H]56)[C@@H]4C3=O)c2)c1. The summed E-state index contributed by atoms with van der Waals surface area (Å²) in [5, 5.41) is 2.79. The van der Waals surface area contributed by atoms with Crippen LogP contribution in [0.15, 0.2) is 60.7 Å². The van der Waals surface area contributed by atoms with E-state index in [0.717, 1.165) is 6.42 Å². The molecular weight excluding hydrogens is 404 g/mol. The summed E-state index contributed by atoms with van der Waals surface area (Å²) in [6.07, 6.45) is 5.41. The summed E-state index contributed by atoms with van der Waals surface area (Å²) in [5.74, 6) is 0.141. The zero-order valence-corrected chi connectivity index (χ0v) is 17.5. The number of amides is 3. The summed E-state index contributed by atoms with van der Waals surface area (Å²) < 4.78 is 0. The van der Waals surface area contributed by atoms with Gasteiger partial charge >= 0.3 is 0 Å². The van der Waals surface area contributed by atoms with Gasteiger partial charge in [-0.3, -0.25) is 19.2 Å². The van der Waals surface area contributed by atoms with Gasteiger partial charge in [0.15, 0.2) is 5.78 Å². The highest BCUT2D eigenvalue weighted by Gasteiger charge is 2.67. The minimum Gasteiger partial charge on any atom is -0.322 e. The van der Waals surface area contributed by atoms with E-state index in [0.29, 0.717) is 34.3 Å². The monoisotopic (exact) mass is 426 g/mol. The molecule has 6 atom stereocenters. The lowest BCUT2D eigenvalue weighted by atomic mass is 9.63. The summed E-state index contributed by atoms with van der Waals surface area (Å²) in [6.45, 7) is 1.47. The molecule has 6 nitrogen and oxygen atoms in total. The third kappa shape index (κ3) is 2.72. The van der Waals surface area contributed by atoms with Crippen LogP contribution < -0.4 is 10.2 Å². The van der Waals surface area contributed by atoms with Crippen molar-refractivity contribution in [1.29, 1.82) is 0 Å². The molecule has 1 N–H and O–H groups in total. The van der Waals surface area contributed by atoms with E-state index in [1.165, 1.54) is 11.8 Å². The van der Waals surface area contributed by atoms with Crippen LogP contribution in [0.5, 0.6) is 0 Å². The van der Waals surface area contributed by atoms with Crippen molar-refractivity contribution in [3.8, 4) is 0 Å². The second kappa shape index (κ2) is 6.73. The Morgan fingerprint density at radius 1 is 0.875 bits per heavy atom. The number of carbonyl (C=O) groups is 4. The lowest BCUT2D eigenvalue weighted by Crippen LogP contribution is -2.40. The highest BCUT2D eigenvalue weighted by molar-refractivity contribution is 6.23. The molecule has 2 aromatic carbocycles. The Bertz CT molecular complexity index is 1200. The third-order valence-electron chi connectivity index (χ3n) is 7.56. The van der Waals surface area contributed by atoms with Gasteiger partial charge in [0.25, 0.3) is 5.91 Å². The van der Waals surface area contributed by atoms with Crippen LogP contribution in [0.1, 0.15) is 34.1 Å². The molecule has 1 aliphatic heterocycles. The Morgan fingerprint density at radius 3 is 2.16 bits per heavy atom. The van der Waals surface area contributed by atoms with Gasteiger partial charge in [0.1, 0.15) is 0 Å². The first kappa shape index (κ1) is 19.2. The van der Waals surface area contributed by atoms with Gasteiger partial charge in [0, 0.05) is 16.8 Å². The standard InChI is InChI=1S/C26H22N2O4/c1-13(29)14-4-2-6-16(10-14)27-24(30)15-5-3-7-17(11-15)28-25(31)22-18-8-9-19(21-12-20(18)21)23(22)26(28)32/h2-11,18-23H,12H2,1H3,(H,27,30)/t18-,19+,20-,21-,22+,23-/m1/s1. The fourth-order valence-electron chi connectivity index (χ4n) is 6.02. The Kier molecular flexibility index (Phi) is 4.03. The van der Waals surface area contributed by atoms with E-state index >= 15 is 0 Å². The number of allylic oxidation sites excluding steroid dienone is 2. The van der Waals surface area contributed by atoms with E-state index in [4.69, 9.17) is 0 Å². The van der Waals surface area contributed by atoms with E-state index in [1.807, 2.05) is 0 Å². The lowest BCUT2D eigenvalue weighted by molar-refractivity contribution is -0.124. The Balaban J connectivity index is 1.27. The Labute approximate surface area is 185 Å². The number of imide groups is 1. The fourth-order valence-corrected chi connectivity index (χ4v) is 6.02. The van der Waals surface area contributed by atoms with Gasteiger partial charge in [-0.2, -0.15) is 0 Å². The molecule has 3 fully saturated rings. The molecular formula is C26H22N2O4. The van der Waals surface area contributed by atoms with E-state index in [-0.39, 0.29) is 47.2 Å². The summed E-state index contributed by atoms with van der Waals surface area (Å²) in [6, 6.07) is 13.4. The van der Waals surface area contributed by atoms with Gasteiger partial charge in [0.2, 0.25) is 11.8 Å². The zero-order valence-electron chi connectivity index (χ0n) is 17.5. The highest BCUT2D eigenvalue weighted by atomic mass is 16.2. The predicted octanol–water partition coefficient (Wildman–Crippen LogP) is 3.70. The van der Waals surface area contributed by atoms with Crippen molar-refractivity contribution in [2.45, 2.75) is 13.3 Å². The van der Waals surface area contributed by atoms with Crippen molar-refractivity contribution in [2.24, 2.45) is 35.5 Å². The quantitative estimate of drug-likeness (QED) is 0.459. The molecule has 0 radical (unpaired) electrons. The molecule has 3 amide bonds. The molecule has 32 heavy (non-hydrogen) atoms. The van der Waals surface area contributed by atoms with Crippen molar-refractivity contribution in [2.75, 3.05) is 10.2 Å². The second-order valence-corrected chi connectivity index (χ2v) is 9.31. The molecule has 4 aliphatic carbocycles. The van der Waals surface area contributed by atoms with Crippen LogP contribution in [0.4, 0.5) is 11.4 Å². The van der Waals surface area contributed by atoms with Crippen LogP contribution in [0.3, 0.4) is 0 Å². The van der Waals surface area contributed by atoms with Crippen molar-refractivity contribution in [3.63, 3.8) is 0 Å². The normalized spacial score (nSPS) is 31.3. The second-order valence-electron chi connectivity index (χ2n) is 9.31. The van der Waals surface area contributed by atoms with Crippen molar-refractivity contribution >= 4 is 34.9 Å². The molecule has 2 bridgehead atoms. The lowest BCUT2D eigenvalue weighted by Gasteiger charge is -2.37. The number of anilines is 2. The average molecular weight is 426 g/mol. The number of ketones is 1. The molecule has 1 saturated heterocycles. The van der Waals surface area contributed by atoms with Gasteiger partial charge < -0.3 is 5.32 Å². The minimum atomic E-state index is -0.368. The average Bonchev–Trinajstić information content (AvgIpc) is 3.57. The zero-order chi connectivity index (χ0) is 22.1. The maximum absolute atomic E-state index is 13.3. The molecule has 160 valence electrons. The summed E-state index contributed by atoms with van der Waals surface area (Å²) in [5.41, 5.74) is 1.80. The minimum absolute atomic E-state index is 0.0864. The molecule has 1 heterocycles. The fraction of sp³-hybridized carbons (Fsp3) is 0.308. The van der Waals surface area contributed by atoms with Crippen molar-refractivity contribution in [1.82, 2.24) is 0 Å². The van der Waals surface area contributed by atoms with Gasteiger partial charge in [-0.1, -0.05) is 30.4 Å². The van der Waals surface area contributed by atoms with Crippen LogP contribution in [-0.2, 0) is 9.59 Å². The first-order chi connectivity index (χ1) is 15.4. The molecule has 0 aromatic heterocycles. The number of carbonyl (C=O) groups excluding carboxylic acids is 4. The smallest absolute Gasteiger partial charge is 0.255 e. The molecule has 2 aromatic rings. The van der Waals surface area contributed by atoms with Gasteiger partial charge in [-0.15, -0.1) is 0 Å². The Morgan fingerprint density at radius 2 is 1.50 bits per heavy atom. The number of hydrogen-bond donors (Lipinski definition) is 1. The summed E-state index contributed by atoms with van der Waals surface area (Å²) in [4.78, 5) is 52.4. The highest BCUT2D eigenvalue weighted by Crippen LogP contribution is 2.65. The molecule has 5 aliphatic rings.